The monoisotopic (exact) mass is 321 g/mol. The van der Waals surface area contributed by atoms with Crippen molar-refractivity contribution in [2.24, 2.45) is 0 Å². The third kappa shape index (κ3) is 2.67. The molecule has 1 amide bonds. The Labute approximate surface area is 132 Å². The molecule has 7 heteroatoms. The molecule has 0 bridgehead atoms. The smallest absolute Gasteiger partial charge is 0.263 e. The Bertz CT molecular complexity index is 710. The molecule has 0 saturated carbocycles. The zero-order valence-electron chi connectivity index (χ0n) is 12.6. The van der Waals surface area contributed by atoms with E-state index < -0.39 is 6.29 Å². The first-order valence-corrected chi connectivity index (χ1v) is 8.00. The van der Waals surface area contributed by atoms with Crippen LogP contribution >= 0.6 is 11.3 Å². The van der Waals surface area contributed by atoms with Gasteiger partial charge < -0.3 is 20.5 Å². The van der Waals surface area contributed by atoms with Crippen molar-refractivity contribution in [3.05, 3.63) is 22.2 Å². The minimum absolute atomic E-state index is 0.222. The fourth-order valence-electron chi connectivity index (χ4n) is 2.69. The van der Waals surface area contributed by atoms with Crippen molar-refractivity contribution in [1.29, 1.82) is 0 Å². The number of nitrogens with one attached hydrogen (secondary N) is 1. The van der Waals surface area contributed by atoms with Crippen LogP contribution in [0.15, 0.2) is 6.07 Å². The zero-order valence-corrected chi connectivity index (χ0v) is 13.5. The first kappa shape index (κ1) is 15.2. The molecule has 1 aliphatic rings. The number of carbonyl (C=O) groups is 1. The summed E-state index contributed by atoms with van der Waals surface area (Å²) in [4.78, 5) is 18.3. The minimum Gasteiger partial charge on any atom is -0.397 e. The van der Waals surface area contributed by atoms with Gasteiger partial charge in [0.05, 0.1) is 12.2 Å². The first-order chi connectivity index (χ1) is 10.6. The van der Waals surface area contributed by atoms with Crippen molar-refractivity contribution >= 4 is 33.1 Å². The molecule has 1 aliphatic carbocycles. The van der Waals surface area contributed by atoms with Gasteiger partial charge in [-0.25, -0.2) is 4.98 Å². The van der Waals surface area contributed by atoms with Crippen molar-refractivity contribution < 1.29 is 14.3 Å². The van der Waals surface area contributed by atoms with Crippen LogP contribution in [-0.2, 0) is 22.3 Å². The number of thiophene rings is 1. The van der Waals surface area contributed by atoms with Crippen LogP contribution in [0.4, 0.5) is 5.69 Å². The van der Waals surface area contributed by atoms with E-state index >= 15 is 0 Å². The van der Waals surface area contributed by atoms with E-state index in [1.54, 1.807) is 0 Å². The Hall–Kier alpha value is -1.70. The van der Waals surface area contributed by atoms with Crippen molar-refractivity contribution in [1.82, 2.24) is 10.3 Å². The molecule has 0 radical (unpaired) electrons. The maximum atomic E-state index is 12.3. The number of aryl methyl sites for hydroxylation is 2. The Kier molecular flexibility index (Phi) is 4.28. The quantitative estimate of drug-likeness (QED) is 0.819. The molecule has 3 N–H and O–H groups in total. The minimum atomic E-state index is -0.471. The largest absolute Gasteiger partial charge is 0.397 e. The Balaban J connectivity index is 1.85. The summed E-state index contributed by atoms with van der Waals surface area (Å²) >= 11 is 1.34. The number of carbonyl (C=O) groups excluding carboxylic acids is 1. The summed E-state index contributed by atoms with van der Waals surface area (Å²) in [7, 11) is 3.05. The Morgan fingerprint density at radius 3 is 2.95 bits per heavy atom. The number of amides is 1. The van der Waals surface area contributed by atoms with Crippen LogP contribution in [0.5, 0.6) is 0 Å². The number of pyridine rings is 1. The van der Waals surface area contributed by atoms with E-state index in [0.29, 0.717) is 10.6 Å². The average molecular weight is 321 g/mol. The molecule has 0 aromatic carbocycles. The van der Waals surface area contributed by atoms with Gasteiger partial charge in [-0.1, -0.05) is 0 Å². The number of nitrogens with zero attached hydrogens (tertiary/aromatic N) is 1. The molecule has 6 nitrogen and oxygen atoms in total. The number of rotatable bonds is 5. The van der Waals surface area contributed by atoms with E-state index in [1.807, 2.05) is 0 Å². The first-order valence-electron chi connectivity index (χ1n) is 7.18. The molecule has 0 unspecified atom stereocenters. The lowest BCUT2D eigenvalue weighted by atomic mass is 10.1. The van der Waals surface area contributed by atoms with Gasteiger partial charge in [0.15, 0.2) is 6.29 Å². The highest BCUT2D eigenvalue weighted by Gasteiger charge is 2.21. The van der Waals surface area contributed by atoms with Gasteiger partial charge in [-0.15, -0.1) is 11.3 Å². The second-order valence-corrected chi connectivity index (χ2v) is 6.26. The number of ether oxygens (including phenoxy) is 2. The molecule has 0 aliphatic heterocycles. The van der Waals surface area contributed by atoms with E-state index in [4.69, 9.17) is 15.2 Å². The van der Waals surface area contributed by atoms with Crippen molar-refractivity contribution in [2.45, 2.75) is 25.6 Å². The van der Waals surface area contributed by atoms with Gasteiger partial charge in [0.1, 0.15) is 9.71 Å². The molecule has 2 aromatic rings. The molecule has 3 rings (SSSR count). The average Bonchev–Trinajstić information content (AvgIpc) is 3.10. The van der Waals surface area contributed by atoms with Gasteiger partial charge in [-0.05, 0) is 30.9 Å². The van der Waals surface area contributed by atoms with Gasteiger partial charge in [0, 0.05) is 25.3 Å². The summed E-state index contributed by atoms with van der Waals surface area (Å²) in [5.41, 5.74) is 9.05. The van der Waals surface area contributed by atoms with Gasteiger partial charge in [0.2, 0.25) is 0 Å². The molecular formula is C15H19N3O3S. The maximum absolute atomic E-state index is 12.3. The molecule has 0 spiro atoms. The van der Waals surface area contributed by atoms with Gasteiger partial charge in [0.25, 0.3) is 5.91 Å². The highest BCUT2D eigenvalue weighted by Crippen LogP contribution is 2.35. The second kappa shape index (κ2) is 6.20. The number of nitrogens with two attached hydrogens (primary N) is 1. The van der Waals surface area contributed by atoms with Gasteiger partial charge in [-0.2, -0.15) is 0 Å². The molecule has 118 valence electrons. The van der Waals surface area contributed by atoms with Crippen LogP contribution in [0.3, 0.4) is 0 Å². The summed E-state index contributed by atoms with van der Waals surface area (Å²) in [6.45, 7) is 0.267. The number of aromatic nitrogens is 1. The fraction of sp³-hybridized carbons (Fsp3) is 0.467. The second-order valence-electron chi connectivity index (χ2n) is 5.26. The summed E-state index contributed by atoms with van der Waals surface area (Å²) in [6.07, 6.45) is 2.72. The zero-order chi connectivity index (χ0) is 15.7. The van der Waals surface area contributed by atoms with E-state index in [1.165, 1.54) is 31.1 Å². The van der Waals surface area contributed by atoms with Crippen LogP contribution in [0.25, 0.3) is 10.2 Å². The molecule has 0 atom stereocenters. The van der Waals surface area contributed by atoms with Crippen LogP contribution < -0.4 is 11.1 Å². The maximum Gasteiger partial charge on any atom is 0.263 e. The van der Waals surface area contributed by atoms with E-state index in [9.17, 15) is 4.79 Å². The lowest BCUT2D eigenvalue weighted by Gasteiger charge is -2.13. The van der Waals surface area contributed by atoms with Crippen LogP contribution in [0.2, 0.25) is 0 Å². The number of anilines is 1. The lowest BCUT2D eigenvalue weighted by molar-refractivity contribution is -0.0974. The van der Waals surface area contributed by atoms with Gasteiger partial charge >= 0.3 is 0 Å². The normalized spacial score (nSPS) is 13.8. The van der Waals surface area contributed by atoms with Gasteiger partial charge in [-0.3, -0.25) is 4.79 Å². The fourth-order valence-corrected chi connectivity index (χ4v) is 3.70. The molecule has 0 saturated heterocycles. The topological polar surface area (TPSA) is 86.5 Å². The molecular weight excluding hydrogens is 302 g/mol. The van der Waals surface area contributed by atoms with E-state index in [2.05, 4.69) is 16.4 Å². The summed E-state index contributed by atoms with van der Waals surface area (Å²) in [6, 6.07) is 2.08. The summed E-state index contributed by atoms with van der Waals surface area (Å²) in [5.74, 6) is -0.222. The number of hydrogen-bond donors (Lipinski definition) is 2. The third-order valence-electron chi connectivity index (χ3n) is 3.91. The SMILES string of the molecule is COC(CNC(=O)c1sc2nc3c(cc2c1N)CCC3)OC. The highest BCUT2D eigenvalue weighted by atomic mass is 32.1. The predicted octanol–water partition coefficient (Wildman–Crippen LogP) is 1.72. The standard InChI is InChI=1S/C15H19N3O3S/c1-20-11(21-2)7-17-14(19)13-12(16)9-6-8-4-3-5-10(8)18-15(9)22-13/h6,11H,3-5,7,16H2,1-2H3,(H,17,19). The third-order valence-corrected chi connectivity index (χ3v) is 5.02. The van der Waals surface area contributed by atoms with Crippen LogP contribution in [0, 0.1) is 0 Å². The number of fused-ring (bicyclic) bond motifs is 2. The van der Waals surface area contributed by atoms with E-state index in [0.717, 1.165) is 35.2 Å². The van der Waals surface area contributed by atoms with Crippen molar-refractivity contribution in [3.8, 4) is 0 Å². The number of methoxy groups -OCH3 is 2. The molecule has 2 heterocycles. The summed E-state index contributed by atoms with van der Waals surface area (Å²) < 4.78 is 10.1. The number of hydrogen-bond acceptors (Lipinski definition) is 6. The Morgan fingerprint density at radius 1 is 1.45 bits per heavy atom. The van der Waals surface area contributed by atoms with E-state index in [-0.39, 0.29) is 12.5 Å². The highest BCUT2D eigenvalue weighted by molar-refractivity contribution is 7.21. The molecule has 2 aromatic heterocycles. The van der Waals surface area contributed by atoms with Crippen molar-refractivity contribution in [2.75, 3.05) is 26.5 Å². The lowest BCUT2D eigenvalue weighted by Crippen LogP contribution is -2.34. The summed E-state index contributed by atoms with van der Waals surface area (Å²) in [5, 5.41) is 3.65. The molecule has 22 heavy (non-hydrogen) atoms. The Morgan fingerprint density at radius 2 is 2.23 bits per heavy atom. The molecule has 0 fully saturated rings. The van der Waals surface area contributed by atoms with Crippen LogP contribution in [-0.4, -0.2) is 37.9 Å². The predicted molar refractivity (Wildman–Crippen MR) is 86.2 cm³/mol. The van der Waals surface area contributed by atoms with Crippen molar-refractivity contribution in [3.63, 3.8) is 0 Å². The number of nitrogen functional groups attached to an aromatic ring is 1. The van der Waals surface area contributed by atoms with Crippen LogP contribution in [0.1, 0.15) is 27.3 Å².